The predicted octanol–water partition coefficient (Wildman–Crippen LogP) is 5.36. The third-order valence-corrected chi connectivity index (χ3v) is 7.92. The van der Waals surface area contributed by atoms with Gasteiger partial charge in [0.2, 0.25) is 0 Å². The highest BCUT2D eigenvalue weighted by molar-refractivity contribution is 7.68. The fourth-order valence-electron chi connectivity index (χ4n) is 2.91. The van der Waals surface area contributed by atoms with Crippen molar-refractivity contribution < 1.29 is 13.9 Å². The molecule has 0 aliphatic rings. The molecule has 0 bridgehead atoms. The molecule has 1 atom stereocenters. The number of amides is 1. The van der Waals surface area contributed by atoms with Gasteiger partial charge in [-0.2, -0.15) is 0 Å². The van der Waals surface area contributed by atoms with Crippen molar-refractivity contribution in [2.75, 3.05) is 12.2 Å². The first-order valence-electron chi connectivity index (χ1n) is 8.45. The van der Waals surface area contributed by atoms with Crippen molar-refractivity contribution in [3.05, 3.63) is 69.6 Å². The van der Waals surface area contributed by atoms with Gasteiger partial charge in [-0.15, -0.1) is 11.3 Å². The van der Waals surface area contributed by atoms with Crippen molar-refractivity contribution in [1.82, 2.24) is 0 Å². The fraction of sp³-hybridized carbons (Fsp3) is 0.150. The molecule has 0 saturated carbocycles. The minimum Gasteiger partial charge on any atom is -0.365 e. The Labute approximate surface area is 173 Å². The van der Waals surface area contributed by atoms with Gasteiger partial charge in [-0.05, 0) is 49.2 Å². The topological polar surface area (TPSA) is 81.4 Å². The molecular weight excluding hydrogens is 415 g/mol. The van der Waals surface area contributed by atoms with Crippen molar-refractivity contribution in [1.29, 1.82) is 0 Å². The highest BCUT2D eigenvalue weighted by atomic mass is 35.5. The van der Waals surface area contributed by atoms with E-state index >= 15 is 0 Å². The van der Waals surface area contributed by atoms with Gasteiger partial charge in [-0.1, -0.05) is 41.4 Å². The Morgan fingerprint density at radius 3 is 2.39 bits per heavy atom. The fourth-order valence-corrected chi connectivity index (χ4v) is 5.79. The molecule has 1 aromatic heterocycles. The lowest BCUT2D eigenvalue weighted by Crippen LogP contribution is -2.18. The van der Waals surface area contributed by atoms with Crippen LogP contribution in [0.3, 0.4) is 0 Å². The molecule has 2 aromatic carbocycles. The molecule has 1 amide bonds. The maximum atomic E-state index is 13.6. The monoisotopic (exact) mass is 434 g/mol. The van der Waals surface area contributed by atoms with Crippen LogP contribution in [0.15, 0.2) is 48.5 Å². The van der Waals surface area contributed by atoms with Gasteiger partial charge in [0.15, 0.2) is 0 Å². The van der Waals surface area contributed by atoms with Crippen LogP contribution in [0, 0.1) is 13.8 Å². The van der Waals surface area contributed by atoms with Crippen LogP contribution in [0.1, 0.15) is 20.8 Å². The van der Waals surface area contributed by atoms with Gasteiger partial charge >= 0.3 is 7.52 Å². The summed E-state index contributed by atoms with van der Waals surface area (Å²) < 4.78 is 18.9. The maximum Gasteiger partial charge on any atom is 0.324 e. The number of anilines is 1. The zero-order chi connectivity index (χ0) is 20.5. The molecule has 0 aliphatic carbocycles. The summed E-state index contributed by atoms with van der Waals surface area (Å²) in [7, 11) is -2.08. The van der Waals surface area contributed by atoms with E-state index in [1.807, 2.05) is 38.1 Å². The molecular formula is C20H20ClN2O3PS. The SMILES string of the molecule is COP(=O)(Nc1cc(-c2ccc(Cl)cc2)sc1C(N)=O)c1ccc(C)cc1C. The summed E-state index contributed by atoms with van der Waals surface area (Å²) in [4.78, 5) is 13.1. The lowest BCUT2D eigenvalue weighted by atomic mass is 10.2. The second kappa shape index (κ2) is 8.10. The predicted molar refractivity (Wildman–Crippen MR) is 117 cm³/mol. The molecule has 0 saturated heterocycles. The van der Waals surface area contributed by atoms with Crippen LogP contribution >= 0.6 is 30.5 Å². The average Bonchev–Trinajstić information content (AvgIpc) is 3.06. The number of nitrogens with one attached hydrogen (secondary N) is 1. The van der Waals surface area contributed by atoms with Crippen molar-refractivity contribution >= 4 is 47.4 Å². The lowest BCUT2D eigenvalue weighted by Gasteiger charge is -2.20. The molecule has 1 unspecified atom stereocenters. The molecule has 5 nitrogen and oxygen atoms in total. The normalized spacial score (nSPS) is 13.1. The molecule has 3 rings (SSSR count). The van der Waals surface area contributed by atoms with E-state index in [0.29, 0.717) is 16.0 Å². The van der Waals surface area contributed by atoms with Crippen LogP contribution < -0.4 is 16.1 Å². The van der Waals surface area contributed by atoms with Crippen molar-refractivity contribution in [2.24, 2.45) is 5.73 Å². The van der Waals surface area contributed by atoms with E-state index in [0.717, 1.165) is 21.6 Å². The van der Waals surface area contributed by atoms with E-state index in [2.05, 4.69) is 5.09 Å². The van der Waals surface area contributed by atoms with Gasteiger partial charge in [0, 0.05) is 17.0 Å². The minimum atomic E-state index is -3.46. The number of nitrogens with two attached hydrogens (primary N) is 1. The first-order chi connectivity index (χ1) is 13.2. The lowest BCUT2D eigenvalue weighted by molar-refractivity contribution is 0.100. The summed E-state index contributed by atoms with van der Waals surface area (Å²) in [6.45, 7) is 3.84. The maximum absolute atomic E-state index is 13.6. The van der Waals surface area contributed by atoms with E-state index in [1.54, 1.807) is 24.3 Å². The Morgan fingerprint density at radius 2 is 1.82 bits per heavy atom. The van der Waals surface area contributed by atoms with Crippen molar-refractivity contribution in [2.45, 2.75) is 13.8 Å². The van der Waals surface area contributed by atoms with Crippen molar-refractivity contribution in [3.63, 3.8) is 0 Å². The van der Waals surface area contributed by atoms with Gasteiger partial charge in [0.1, 0.15) is 4.88 Å². The minimum absolute atomic E-state index is 0.284. The van der Waals surface area contributed by atoms with Crippen LogP contribution in [0.2, 0.25) is 5.02 Å². The summed E-state index contributed by atoms with van der Waals surface area (Å²) >= 11 is 7.17. The Bertz CT molecular complexity index is 1080. The highest BCUT2D eigenvalue weighted by Gasteiger charge is 2.29. The Morgan fingerprint density at radius 1 is 1.14 bits per heavy atom. The molecule has 0 spiro atoms. The molecule has 1 heterocycles. The molecule has 8 heteroatoms. The van der Waals surface area contributed by atoms with Gasteiger partial charge in [0.25, 0.3) is 5.91 Å². The number of carbonyl (C=O) groups excluding carboxylic acids is 1. The summed E-state index contributed by atoms with van der Waals surface area (Å²) in [5, 5.41) is 4.12. The molecule has 0 fully saturated rings. The zero-order valence-corrected chi connectivity index (χ0v) is 18.1. The Hall–Kier alpha value is -2.11. The molecule has 3 aromatic rings. The zero-order valence-electron chi connectivity index (χ0n) is 15.7. The van der Waals surface area contributed by atoms with Gasteiger partial charge in [-0.25, -0.2) is 0 Å². The number of thiophene rings is 1. The Kier molecular flexibility index (Phi) is 5.96. The molecule has 146 valence electrons. The summed E-state index contributed by atoms with van der Waals surface area (Å²) in [5.74, 6) is -0.601. The van der Waals surface area contributed by atoms with Crippen LogP contribution in [0.25, 0.3) is 10.4 Å². The highest BCUT2D eigenvalue weighted by Crippen LogP contribution is 2.48. The smallest absolute Gasteiger partial charge is 0.324 e. The van der Waals surface area contributed by atoms with Crippen LogP contribution in [0.4, 0.5) is 5.69 Å². The number of primary amides is 1. The molecule has 3 N–H and O–H groups in total. The first kappa shape index (κ1) is 20.6. The number of rotatable bonds is 6. The van der Waals surface area contributed by atoms with Crippen LogP contribution in [0.5, 0.6) is 0 Å². The third-order valence-electron chi connectivity index (χ3n) is 4.28. The summed E-state index contributed by atoms with van der Waals surface area (Å²) in [6.07, 6.45) is 0. The standard InChI is InChI=1S/C20H20ClN2O3PS/c1-12-4-9-17(13(2)10-12)27(25,26-3)23-16-11-18(28-19(16)20(22)24)14-5-7-15(21)8-6-14/h4-11H,1-3H3,(H2,22,24)(H,23,25). The molecule has 28 heavy (non-hydrogen) atoms. The number of hydrogen-bond donors (Lipinski definition) is 2. The van der Waals surface area contributed by atoms with E-state index in [-0.39, 0.29) is 4.88 Å². The van der Waals surface area contributed by atoms with E-state index in [9.17, 15) is 9.36 Å². The second-order valence-electron chi connectivity index (χ2n) is 6.36. The van der Waals surface area contributed by atoms with Crippen molar-refractivity contribution in [3.8, 4) is 10.4 Å². The van der Waals surface area contributed by atoms with Gasteiger partial charge < -0.3 is 15.3 Å². The second-order valence-corrected chi connectivity index (χ2v) is 10.0. The number of aryl methyl sites for hydroxylation is 2. The largest absolute Gasteiger partial charge is 0.365 e. The van der Waals surface area contributed by atoms with Crippen LogP contribution in [-0.4, -0.2) is 13.0 Å². The quantitative estimate of drug-likeness (QED) is 0.511. The van der Waals surface area contributed by atoms with Crippen LogP contribution in [-0.2, 0) is 9.09 Å². The van der Waals surface area contributed by atoms with E-state index in [1.165, 1.54) is 18.4 Å². The first-order valence-corrected chi connectivity index (χ1v) is 11.3. The average molecular weight is 435 g/mol. The number of benzene rings is 2. The Balaban J connectivity index is 2.05. The molecule has 0 radical (unpaired) electrons. The van der Waals surface area contributed by atoms with E-state index < -0.39 is 13.4 Å². The summed E-state index contributed by atoms with van der Waals surface area (Å²) in [5.41, 5.74) is 8.72. The van der Waals surface area contributed by atoms with E-state index in [4.69, 9.17) is 21.9 Å². The van der Waals surface area contributed by atoms with Gasteiger partial charge in [0.05, 0.1) is 11.0 Å². The summed E-state index contributed by atoms with van der Waals surface area (Å²) in [6, 6.07) is 14.6. The van der Waals surface area contributed by atoms with Gasteiger partial charge in [-0.3, -0.25) is 9.36 Å². The molecule has 0 aliphatic heterocycles. The third kappa shape index (κ3) is 4.15. The number of halogens is 1. The number of carbonyl (C=O) groups is 1. The number of hydrogen-bond acceptors (Lipinski definition) is 4.